The number of ether oxygens (including phenoxy) is 5. The van der Waals surface area contributed by atoms with E-state index >= 15 is 0 Å². The second kappa shape index (κ2) is 15.3. The van der Waals surface area contributed by atoms with Crippen molar-refractivity contribution in [1.82, 2.24) is 0 Å². The van der Waals surface area contributed by atoms with Gasteiger partial charge in [-0.15, -0.1) is 11.3 Å². The average molecular weight is 708 g/mol. The van der Waals surface area contributed by atoms with Crippen molar-refractivity contribution in [3.8, 4) is 10.4 Å². The lowest BCUT2D eigenvalue weighted by Crippen LogP contribution is -2.59. The Labute approximate surface area is 281 Å². The predicted molar refractivity (Wildman–Crippen MR) is 173 cm³/mol. The number of thiophene rings is 1. The number of sulfonamides is 1. The van der Waals surface area contributed by atoms with Crippen LogP contribution in [0.5, 0.6) is 0 Å². The maximum absolute atomic E-state index is 12.3. The molecule has 0 aliphatic carbocycles. The van der Waals surface area contributed by atoms with Crippen molar-refractivity contribution in [3.05, 3.63) is 75.6 Å². The van der Waals surface area contributed by atoms with E-state index in [1.54, 1.807) is 30.3 Å². The topological polar surface area (TPSA) is 161 Å². The molecule has 12 nitrogen and oxygen atoms in total. The van der Waals surface area contributed by atoms with Gasteiger partial charge >= 0.3 is 23.9 Å². The van der Waals surface area contributed by atoms with Gasteiger partial charge in [-0.2, -0.15) is 0 Å². The summed E-state index contributed by atoms with van der Waals surface area (Å²) in [4.78, 5) is 50.1. The molecule has 1 fully saturated rings. The molecule has 0 amide bonds. The van der Waals surface area contributed by atoms with Gasteiger partial charge in [-0.3, -0.25) is 23.9 Å². The smallest absolute Gasteiger partial charge is 0.303 e. The summed E-state index contributed by atoms with van der Waals surface area (Å²) in [5, 5.41) is 0.463. The number of benzene rings is 2. The maximum atomic E-state index is 12.3. The zero-order valence-electron chi connectivity index (χ0n) is 26.2. The molecule has 4 rings (SSSR count). The van der Waals surface area contributed by atoms with Gasteiger partial charge in [-0.05, 0) is 47.0 Å². The first-order chi connectivity index (χ1) is 22.1. The third-order valence-corrected chi connectivity index (χ3v) is 9.00. The van der Waals surface area contributed by atoms with Gasteiger partial charge in [0.25, 0.3) is 0 Å². The lowest BCUT2D eigenvalue weighted by atomic mass is 9.89. The molecule has 2 heterocycles. The molecular weight excluding hydrogens is 674 g/mol. The summed E-state index contributed by atoms with van der Waals surface area (Å²) in [6.07, 6.45) is -4.40. The number of carbonyl (C=O) groups is 4. The zero-order valence-corrected chi connectivity index (χ0v) is 28.6. The Morgan fingerprint density at radius 1 is 0.830 bits per heavy atom. The fourth-order valence-corrected chi connectivity index (χ4v) is 6.92. The van der Waals surface area contributed by atoms with Crippen molar-refractivity contribution < 1.29 is 51.3 Å². The molecule has 0 saturated carbocycles. The Kier molecular flexibility index (Phi) is 11.7. The average Bonchev–Trinajstić information content (AvgIpc) is 3.43. The molecule has 0 bridgehead atoms. The standard InChI is InChI=1S/C32H34ClNO11S2/c1-17(35)41-16-27-30(42-18(2)36)32(44-20(4)38)31(43-19(3)37)29(45-27)22-8-12-26(33)23(14-22)15-25-11-13-28(46-25)21-6-9-24(10-7-21)34-47(5,39)40/h6-14,27,29-32,34H,15-16H2,1-5H3/t27-,29+,30-,31+,32+/m1/s1. The summed E-state index contributed by atoms with van der Waals surface area (Å²) in [7, 11) is -3.39. The van der Waals surface area contributed by atoms with Crippen molar-refractivity contribution in [2.75, 3.05) is 17.6 Å². The zero-order chi connectivity index (χ0) is 34.5. The highest BCUT2D eigenvalue weighted by Gasteiger charge is 2.52. The predicted octanol–water partition coefficient (Wildman–Crippen LogP) is 4.83. The van der Waals surface area contributed by atoms with Gasteiger partial charge in [0, 0.05) is 54.6 Å². The minimum absolute atomic E-state index is 0.335. The Hall–Kier alpha value is -3.98. The lowest BCUT2D eigenvalue weighted by Gasteiger charge is -2.44. The molecule has 3 aromatic rings. The van der Waals surface area contributed by atoms with Gasteiger partial charge in [0.15, 0.2) is 18.3 Å². The molecule has 5 atom stereocenters. The van der Waals surface area contributed by atoms with Crippen LogP contribution in [0.25, 0.3) is 10.4 Å². The second-order valence-electron chi connectivity index (χ2n) is 10.9. The fourth-order valence-electron chi connectivity index (χ4n) is 5.14. The van der Waals surface area contributed by atoms with Crippen LogP contribution in [0.2, 0.25) is 5.02 Å². The molecule has 15 heteroatoms. The van der Waals surface area contributed by atoms with E-state index in [0.29, 0.717) is 22.7 Å². The number of anilines is 1. The Balaban J connectivity index is 1.66. The van der Waals surface area contributed by atoms with E-state index in [4.69, 9.17) is 35.3 Å². The summed E-state index contributed by atoms with van der Waals surface area (Å²) >= 11 is 8.16. The van der Waals surface area contributed by atoms with Crippen molar-refractivity contribution in [3.63, 3.8) is 0 Å². The number of hydrogen-bond acceptors (Lipinski definition) is 12. The molecular formula is C32H34ClNO11S2. The number of hydrogen-bond donors (Lipinski definition) is 1. The first-order valence-corrected chi connectivity index (χ1v) is 17.4. The molecule has 0 radical (unpaired) electrons. The molecule has 1 aromatic heterocycles. The van der Waals surface area contributed by atoms with Gasteiger partial charge in [0.1, 0.15) is 18.8 Å². The van der Waals surface area contributed by atoms with Gasteiger partial charge in [0.05, 0.1) is 6.26 Å². The van der Waals surface area contributed by atoms with Crippen LogP contribution < -0.4 is 4.72 Å². The van der Waals surface area contributed by atoms with Crippen LogP contribution in [-0.4, -0.2) is 69.6 Å². The van der Waals surface area contributed by atoms with Crippen LogP contribution in [-0.2, 0) is 59.3 Å². The number of esters is 4. The van der Waals surface area contributed by atoms with E-state index in [1.165, 1.54) is 25.2 Å². The van der Waals surface area contributed by atoms with E-state index in [2.05, 4.69) is 4.72 Å². The van der Waals surface area contributed by atoms with Crippen LogP contribution in [0.1, 0.15) is 49.8 Å². The third kappa shape index (κ3) is 10.0. The van der Waals surface area contributed by atoms with Gasteiger partial charge in [0.2, 0.25) is 10.0 Å². The summed E-state index contributed by atoms with van der Waals surface area (Å²) in [5.74, 6) is -2.73. The van der Waals surface area contributed by atoms with Gasteiger partial charge < -0.3 is 23.7 Å². The molecule has 2 aromatic carbocycles. The van der Waals surface area contributed by atoms with Crippen LogP contribution in [0.3, 0.4) is 0 Å². The molecule has 1 saturated heterocycles. The first-order valence-electron chi connectivity index (χ1n) is 14.4. The molecule has 1 N–H and O–H groups in total. The third-order valence-electron chi connectivity index (χ3n) is 6.89. The van der Waals surface area contributed by atoms with E-state index in [1.807, 2.05) is 24.3 Å². The highest BCUT2D eigenvalue weighted by molar-refractivity contribution is 7.92. The fraction of sp³-hybridized carbons (Fsp3) is 0.375. The second-order valence-corrected chi connectivity index (χ2v) is 14.2. The Morgan fingerprint density at radius 2 is 1.45 bits per heavy atom. The minimum atomic E-state index is -3.39. The summed E-state index contributed by atoms with van der Waals surface area (Å²) in [6, 6.07) is 16.1. The Morgan fingerprint density at radius 3 is 2.04 bits per heavy atom. The van der Waals surface area contributed by atoms with E-state index in [-0.39, 0.29) is 6.61 Å². The number of halogens is 1. The molecule has 1 aliphatic heterocycles. The summed E-state index contributed by atoms with van der Waals surface area (Å²) in [5.41, 5.74) is 2.60. The molecule has 47 heavy (non-hydrogen) atoms. The van der Waals surface area contributed by atoms with Crippen molar-refractivity contribution in [2.45, 2.75) is 64.6 Å². The highest BCUT2D eigenvalue weighted by atomic mass is 35.5. The normalized spacial score (nSPS) is 20.9. The quantitative estimate of drug-likeness (QED) is 0.215. The van der Waals surface area contributed by atoms with Gasteiger partial charge in [-0.25, -0.2) is 8.42 Å². The Bertz CT molecular complexity index is 1740. The van der Waals surface area contributed by atoms with E-state index < -0.39 is 64.4 Å². The molecule has 252 valence electrons. The largest absolute Gasteiger partial charge is 0.463 e. The molecule has 0 spiro atoms. The van der Waals surface area contributed by atoms with Crippen molar-refractivity contribution in [2.24, 2.45) is 0 Å². The monoisotopic (exact) mass is 707 g/mol. The van der Waals surface area contributed by atoms with Crippen molar-refractivity contribution >= 4 is 62.5 Å². The summed E-state index contributed by atoms with van der Waals surface area (Å²) < 4.78 is 53.6. The van der Waals surface area contributed by atoms with Crippen LogP contribution in [0.15, 0.2) is 54.6 Å². The van der Waals surface area contributed by atoms with Crippen LogP contribution >= 0.6 is 22.9 Å². The first kappa shape index (κ1) is 35.9. The number of rotatable bonds is 11. The SMILES string of the molecule is CC(=O)OC[C@H]1O[C@@H](c2ccc(Cl)c(Cc3ccc(-c4ccc(NS(C)(=O)=O)cc4)s3)c2)[C@H](OC(C)=O)[C@@H](OC(C)=O)[C@@H]1OC(C)=O. The molecule has 1 aliphatic rings. The maximum Gasteiger partial charge on any atom is 0.303 e. The highest BCUT2D eigenvalue weighted by Crippen LogP contribution is 2.39. The number of carbonyl (C=O) groups excluding carboxylic acids is 4. The van der Waals surface area contributed by atoms with E-state index in [0.717, 1.165) is 41.0 Å². The summed E-state index contributed by atoms with van der Waals surface area (Å²) in [6.45, 7) is 4.38. The van der Waals surface area contributed by atoms with Crippen LogP contribution in [0, 0.1) is 0 Å². The van der Waals surface area contributed by atoms with E-state index in [9.17, 15) is 27.6 Å². The minimum Gasteiger partial charge on any atom is -0.463 e. The van der Waals surface area contributed by atoms with Crippen molar-refractivity contribution in [1.29, 1.82) is 0 Å². The molecule has 0 unspecified atom stereocenters. The number of nitrogens with one attached hydrogen (secondary N) is 1. The van der Waals surface area contributed by atoms with Crippen LogP contribution in [0.4, 0.5) is 5.69 Å². The lowest BCUT2D eigenvalue weighted by molar-refractivity contribution is -0.254. The van der Waals surface area contributed by atoms with Gasteiger partial charge in [-0.1, -0.05) is 35.9 Å².